The molecule has 3 rings (SSSR count). The maximum atomic E-state index is 12.6. The van der Waals surface area contributed by atoms with Gasteiger partial charge in [-0.25, -0.2) is 4.79 Å². The predicted octanol–water partition coefficient (Wildman–Crippen LogP) is 1.26. The number of hydrogen-bond donors (Lipinski definition) is 6. The molecule has 32 heavy (non-hydrogen) atoms. The van der Waals surface area contributed by atoms with Crippen LogP contribution in [0.1, 0.15) is 11.1 Å². The third kappa shape index (κ3) is 5.89. The van der Waals surface area contributed by atoms with E-state index in [9.17, 15) is 19.5 Å². The van der Waals surface area contributed by atoms with Gasteiger partial charge in [0.15, 0.2) is 0 Å². The fourth-order valence-electron chi connectivity index (χ4n) is 3.43. The van der Waals surface area contributed by atoms with Crippen LogP contribution in [0.4, 0.5) is 0 Å². The number of aliphatic carboxylic acids is 1. The Bertz CT molecular complexity index is 1090. The molecule has 8 nitrogen and oxygen atoms in total. The normalized spacial score (nSPS) is 13.8. The van der Waals surface area contributed by atoms with Crippen LogP contribution in [-0.2, 0) is 27.2 Å². The van der Waals surface area contributed by atoms with E-state index in [1.54, 1.807) is 24.3 Å². The molecular formula is C23H26N4O4S. The van der Waals surface area contributed by atoms with Crippen LogP contribution in [-0.4, -0.2) is 51.8 Å². The molecule has 0 fully saturated rings. The van der Waals surface area contributed by atoms with Crippen molar-refractivity contribution in [3.05, 3.63) is 71.9 Å². The number of para-hydroxylation sites is 1. The number of rotatable bonds is 10. The van der Waals surface area contributed by atoms with Crippen molar-refractivity contribution in [2.45, 2.75) is 31.0 Å². The summed E-state index contributed by atoms with van der Waals surface area (Å²) in [6.07, 6.45) is 2.21. The third-order valence-corrected chi connectivity index (χ3v) is 5.53. The number of nitrogens with one attached hydrogen (secondary N) is 3. The first-order chi connectivity index (χ1) is 15.4. The zero-order valence-corrected chi connectivity index (χ0v) is 18.2. The van der Waals surface area contributed by atoms with Crippen LogP contribution in [0.25, 0.3) is 10.9 Å². The highest BCUT2D eigenvalue weighted by molar-refractivity contribution is 7.80. The van der Waals surface area contributed by atoms with E-state index in [0.717, 1.165) is 22.0 Å². The van der Waals surface area contributed by atoms with Gasteiger partial charge in [-0.3, -0.25) is 9.59 Å². The maximum absolute atomic E-state index is 12.6. The Hall–Kier alpha value is -3.30. The van der Waals surface area contributed by atoms with E-state index >= 15 is 0 Å². The van der Waals surface area contributed by atoms with Crippen LogP contribution in [0, 0.1) is 0 Å². The van der Waals surface area contributed by atoms with Gasteiger partial charge in [0.25, 0.3) is 0 Å². The molecule has 3 atom stereocenters. The second-order valence-electron chi connectivity index (χ2n) is 7.50. The van der Waals surface area contributed by atoms with Gasteiger partial charge < -0.3 is 26.5 Å². The Morgan fingerprint density at radius 1 is 0.938 bits per heavy atom. The number of fused-ring (bicyclic) bond motifs is 1. The minimum atomic E-state index is -1.16. The molecule has 0 aliphatic heterocycles. The lowest BCUT2D eigenvalue weighted by molar-refractivity contribution is -0.142. The highest BCUT2D eigenvalue weighted by Gasteiger charge is 2.27. The van der Waals surface area contributed by atoms with Crippen molar-refractivity contribution < 1.29 is 19.5 Å². The van der Waals surface area contributed by atoms with Gasteiger partial charge in [-0.2, -0.15) is 12.6 Å². The zero-order chi connectivity index (χ0) is 23.1. The quantitative estimate of drug-likeness (QED) is 0.256. The van der Waals surface area contributed by atoms with Gasteiger partial charge >= 0.3 is 5.97 Å². The van der Waals surface area contributed by atoms with Gasteiger partial charge in [0, 0.05) is 29.3 Å². The number of nitrogens with two attached hydrogens (primary N) is 1. The summed E-state index contributed by atoms with van der Waals surface area (Å²) in [6.45, 7) is 0. The van der Waals surface area contributed by atoms with Crippen molar-refractivity contribution in [2.75, 3.05) is 5.75 Å². The summed E-state index contributed by atoms with van der Waals surface area (Å²) >= 11 is 4.14. The Balaban J connectivity index is 1.60. The Kier molecular flexibility index (Phi) is 7.91. The lowest BCUT2D eigenvalue weighted by Gasteiger charge is -2.22. The fourth-order valence-corrected chi connectivity index (χ4v) is 3.68. The van der Waals surface area contributed by atoms with Gasteiger partial charge in [0.1, 0.15) is 12.1 Å². The van der Waals surface area contributed by atoms with E-state index in [1.807, 2.05) is 36.5 Å². The molecule has 3 aromatic rings. The smallest absolute Gasteiger partial charge is 0.326 e. The Labute approximate surface area is 191 Å². The molecule has 0 saturated carbocycles. The highest BCUT2D eigenvalue weighted by Crippen LogP contribution is 2.18. The van der Waals surface area contributed by atoms with E-state index in [2.05, 4.69) is 28.2 Å². The monoisotopic (exact) mass is 454 g/mol. The molecular weight excluding hydrogens is 428 g/mol. The molecule has 6 N–H and O–H groups in total. The number of carboxylic acid groups (broad SMARTS) is 1. The first-order valence-corrected chi connectivity index (χ1v) is 10.8. The maximum Gasteiger partial charge on any atom is 0.326 e. The van der Waals surface area contributed by atoms with Crippen LogP contribution >= 0.6 is 12.6 Å². The lowest BCUT2D eigenvalue weighted by atomic mass is 10.0. The fraction of sp³-hybridized carbons (Fsp3) is 0.261. The van der Waals surface area contributed by atoms with Crippen molar-refractivity contribution in [1.29, 1.82) is 0 Å². The van der Waals surface area contributed by atoms with E-state index in [4.69, 9.17) is 5.73 Å². The van der Waals surface area contributed by atoms with Crippen LogP contribution in [0.5, 0.6) is 0 Å². The van der Waals surface area contributed by atoms with Crippen molar-refractivity contribution in [3.8, 4) is 0 Å². The molecule has 0 bridgehead atoms. The topological polar surface area (TPSA) is 137 Å². The summed E-state index contributed by atoms with van der Waals surface area (Å²) in [7, 11) is 0. The van der Waals surface area contributed by atoms with Gasteiger partial charge in [-0.15, -0.1) is 0 Å². The van der Waals surface area contributed by atoms with Crippen molar-refractivity contribution in [1.82, 2.24) is 15.6 Å². The minimum Gasteiger partial charge on any atom is -0.480 e. The molecule has 0 radical (unpaired) electrons. The number of carbonyl (C=O) groups excluding carboxylic acids is 2. The van der Waals surface area contributed by atoms with Crippen LogP contribution in [0.3, 0.4) is 0 Å². The van der Waals surface area contributed by atoms with E-state index in [0.29, 0.717) is 0 Å². The average Bonchev–Trinajstić information content (AvgIpc) is 3.20. The molecule has 0 spiro atoms. The van der Waals surface area contributed by atoms with Crippen molar-refractivity contribution in [3.63, 3.8) is 0 Å². The van der Waals surface area contributed by atoms with Crippen LogP contribution in [0.15, 0.2) is 60.8 Å². The van der Waals surface area contributed by atoms with Gasteiger partial charge in [0.2, 0.25) is 11.8 Å². The molecule has 3 unspecified atom stereocenters. The third-order valence-electron chi connectivity index (χ3n) is 5.16. The molecule has 0 aliphatic carbocycles. The predicted molar refractivity (Wildman–Crippen MR) is 125 cm³/mol. The van der Waals surface area contributed by atoms with Crippen LogP contribution in [0.2, 0.25) is 0 Å². The number of amides is 2. The van der Waals surface area contributed by atoms with Gasteiger partial charge in [-0.1, -0.05) is 48.5 Å². The van der Waals surface area contributed by atoms with Crippen molar-refractivity contribution in [2.24, 2.45) is 5.73 Å². The Morgan fingerprint density at radius 3 is 2.28 bits per heavy atom. The zero-order valence-electron chi connectivity index (χ0n) is 17.3. The molecule has 2 aromatic carbocycles. The molecule has 1 aromatic heterocycles. The molecule has 0 saturated heterocycles. The van der Waals surface area contributed by atoms with E-state index in [-0.39, 0.29) is 18.6 Å². The summed E-state index contributed by atoms with van der Waals surface area (Å²) in [5.41, 5.74) is 8.69. The van der Waals surface area contributed by atoms with Gasteiger partial charge in [-0.05, 0) is 23.6 Å². The van der Waals surface area contributed by atoms with Gasteiger partial charge in [0.05, 0.1) is 6.04 Å². The molecule has 168 valence electrons. The number of carboxylic acids is 1. The number of carbonyl (C=O) groups is 3. The van der Waals surface area contributed by atoms with Crippen molar-refractivity contribution >= 4 is 41.3 Å². The van der Waals surface area contributed by atoms with E-state index in [1.165, 1.54) is 0 Å². The summed E-state index contributed by atoms with van der Waals surface area (Å²) in [6, 6.07) is 13.6. The SMILES string of the molecule is NC(Cc1c[nH]c2ccccc12)C(=O)NC(CS)C(=O)NC(Cc1ccccc1)C(=O)O. The minimum absolute atomic E-state index is 0.00491. The second-order valence-corrected chi connectivity index (χ2v) is 7.87. The summed E-state index contributed by atoms with van der Waals surface area (Å²) in [4.78, 5) is 40.0. The largest absolute Gasteiger partial charge is 0.480 e. The number of thiol groups is 1. The number of aromatic amines is 1. The lowest BCUT2D eigenvalue weighted by Crippen LogP contribution is -2.55. The number of benzene rings is 2. The average molecular weight is 455 g/mol. The van der Waals surface area contributed by atoms with Crippen LogP contribution < -0.4 is 16.4 Å². The highest BCUT2D eigenvalue weighted by atomic mass is 32.1. The number of H-pyrrole nitrogens is 1. The number of aromatic nitrogens is 1. The number of hydrogen-bond acceptors (Lipinski definition) is 5. The summed E-state index contributed by atoms with van der Waals surface area (Å²) in [5, 5.41) is 15.5. The first kappa shape index (κ1) is 23.4. The molecule has 9 heteroatoms. The first-order valence-electron chi connectivity index (χ1n) is 10.2. The molecule has 0 aliphatic rings. The molecule has 2 amide bonds. The standard InChI is InChI=1S/C23H26N4O4S/c24-17(11-15-12-25-18-9-5-4-8-16(15)18)21(28)27-20(13-32)22(29)26-19(23(30)31)10-14-6-2-1-3-7-14/h1-9,12,17,19-20,25,32H,10-11,13,24H2,(H,26,29)(H,27,28)(H,30,31). The summed E-state index contributed by atoms with van der Waals surface area (Å²) < 4.78 is 0. The Morgan fingerprint density at radius 2 is 1.59 bits per heavy atom. The van der Waals surface area contributed by atoms with E-state index < -0.39 is 35.9 Å². The molecule has 1 heterocycles. The summed E-state index contributed by atoms with van der Waals surface area (Å²) in [5.74, 6) is -2.31. The second kappa shape index (κ2) is 10.8.